The quantitative estimate of drug-likeness (QED) is 0.936. The van der Waals surface area contributed by atoms with E-state index in [0.717, 1.165) is 30.5 Å². The first-order valence-electron chi connectivity index (χ1n) is 7.79. The van der Waals surface area contributed by atoms with Crippen LogP contribution in [0.1, 0.15) is 43.3 Å². The monoisotopic (exact) mass is 301 g/mol. The lowest BCUT2D eigenvalue weighted by Gasteiger charge is -2.15. The number of hydrogen-bond donors (Lipinski definition) is 1. The van der Waals surface area contributed by atoms with Gasteiger partial charge in [0, 0.05) is 18.5 Å². The first-order chi connectivity index (χ1) is 10.6. The number of aromatic amines is 1. The molecule has 3 heterocycles. The second-order valence-electron chi connectivity index (χ2n) is 6.64. The Labute approximate surface area is 127 Å². The Balaban J connectivity index is 1.59. The van der Waals surface area contributed by atoms with Gasteiger partial charge in [-0.05, 0) is 36.3 Å². The van der Waals surface area contributed by atoms with E-state index in [1.165, 1.54) is 12.8 Å². The number of aromatic nitrogens is 3. The van der Waals surface area contributed by atoms with Crippen molar-refractivity contribution in [3.8, 4) is 11.4 Å². The van der Waals surface area contributed by atoms with E-state index in [-0.39, 0.29) is 5.56 Å². The minimum absolute atomic E-state index is 0.165. The maximum atomic E-state index is 12.2. The Morgan fingerprint density at radius 3 is 3.09 bits per heavy atom. The van der Waals surface area contributed by atoms with Crippen LogP contribution in [0.2, 0.25) is 0 Å². The number of nitrogens with one attached hydrogen (secondary N) is 1. The summed E-state index contributed by atoms with van der Waals surface area (Å²) in [4.78, 5) is 19.5. The molecule has 22 heavy (non-hydrogen) atoms. The summed E-state index contributed by atoms with van der Waals surface area (Å²) in [5.41, 5.74) is 2.69. The van der Waals surface area contributed by atoms with Crippen LogP contribution in [-0.4, -0.2) is 21.7 Å². The smallest absolute Gasteiger partial charge is 0.259 e. The average molecular weight is 301 g/mol. The molecule has 6 heteroatoms. The third kappa shape index (κ3) is 2.59. The van der Waals surface area contributed by atoms with Crippen LogP contribution in [0.5, 0.6) is 0 Å². The molecule has 1 aliphatic carbocycles. The third-order valence-corrected chi connectivity index (χ3v) is 4.72. The lowest BCUT2D eigenvalue weighted by molar-refractivity contribution is 0.109. The second kappa shape index (κ2) is 5.05. The van der Waals surface area contributed by atoms with E-state index in [9.17, 15) is 4.79 Å². The maximum Gasteiger partial charge on any atom is 0.259 e. The largest absolute Gasteiger partial charge is 0.376 e. The Morgan fingerprint density at radius 2 is 2.27 bits per heavy atom. The molecular weight excluding hydrogens is 282 g/mol. The lowest BCUT2D eigenvalue weighted by atomic mass is 10.0. The van der Waals surface area contributed by atoms with Crippen LogP contribution in [0.3, 0.4) is 0 Å². The highest BCUT2D eigenvalue weighted by molar-refractivity contribution is 5.54. The summed E-state index contributed by atoms with van der Waals surface area (Å²) >= 11 is 0. The molecule has 1 N–H and O–H groups in total. The molecule has 116 valence electrons. The molecule has 0 amide bonds. The molecule has 2 aromatic heterocycles. The summed E-state index contributed by atoms with van der Waals surface area (Å²) < 4.78 is 10.7. The highest BCUT2D eigenvalue weighted by atomic mass is 16.5. The van der Waals surface area contributed by atoms with E-state index in [1.54, 1.807) is 0 Å². The van der Waals surface area contributed by atoms with Crippen LogP contribution >= 0.6 is 0 Å². The van der Waals surface area contributed by atoms with Gasteiger partial charge in [-0.15, -0.1) is 0 Å². The zero-order chi connectivity index (χ0) is 15.2. The number of fused-ring (bicyclic) bond motifs is 1. The van der Waals surface area contributed by atoms with Gasteiger partial charge in [0.05, 0.1) is 18.8 Å². The van der Waals surface area contributed by atoms with Crippen LogP contribution in [0.25, 0.3) is 11.4 Å². The Hall–Kier alpha value is -1.95. The Morgan fingerprint density at radius 1 is 1.41 bits per heavy atom. The van der Waals surface area contributed by atoms with Crippen molar-refractivity contribution < 1.29 is 9.26 Å². The molecule has 6 nitrogen and oxygen atoms in total. The number of aryl methyl sites for hydroxylation is 1. The zero-order valence-electron chi connectivity index (χ0n) is 12.6. The maximum absolute atomic E-state index is 12.2. The zero-order valence-corrected chi connectivity index (χ0v) is 12.6. The van der Waals surface area contributed by atoms with Crippen molar-refractivity contribution in [2.75, 3.05) is 6.61 Å². The summed E-state index contributed by atoms with van der Waals surface area (Å²) in [5, 5.41) is 3.97. The highest BCUT2D eigenvalue weighted by Gasteiger charge is 2.36. The average Bonchev–Trinajstić information content (AvgIpc) is 3.08. The van der Waals surface area contributed by atoms with Crippen molar-refractivity contribution in [3.63, 3.8) is 0 Å². The lowest BCUT2D eigenvalue weighted by Crippen LogP contribution is -2.19. The predicted molar refractivity (Wildman–Crippen MR) is 79.4 cm³/mol. The van der Waals surface area contributed by atoms with E-state index < -0.39 is 0 Å². The summed E-state index contributed by atoms with van der Waals surface area (Å²) in [6.45, 7) is 3.44. The predicted octanol–water partition coefficient (Wildman–Crippen LogP) is 2.23. The number of pyridine rings is 1. The van der Waals surface area contributed by atoms with E-state index in [2.05, 4.69) is 22.0 Å². The molecule has 0 unspecified atom stereocenters. The molecule has 1 saturated carbocycles. The topological polar surface area (TPSA) is 81.0 Å². The van der Waals surface area contributed by atoms with Gasteiger partial charge in [0.2, 0.25) is 11.7 Å². The van der Waals surface area contributed by atoms with Gasteiger partial charge in [-0.3, -0.25) is 4.79 Å². The van der Waals surface area contributed by atoms with E-state index >= 15 is 0 Å². The summed E-state index contributed by atoms with van der Waals surface area (Å²) in [5.74, 6) is 0.974. The fourth-order valence-corrected chi connectivity index (χ4v) is 2.82. The molecule has 0 atom stereocenters. The van der Waals surface area contributed by atoms with Crippen molar-refractivity contribution in [2.45, 2.75) is 45.6 Å². The minimum Gasteiger partial charge on any atom is -0.376 e. The molecule has 0 spiro atoms. The summed E-state index contributed by atoms with van der Waals surface area (Å²) in [6.07, 6.45) is 5.12. The Kier molecular flexibility index (Phi) is 3.14. The van der Waals surface area contributed by atoms with E-state index in [0.29, 0.717) is 35.9 Å². The molecule has 1 aliphatic heterocycles. The van der Waals surface area contributed by atoms with Crippen molar-refractivity contribution in [2.24, 2.45) is 5.41 Å². The SMILES string of the molecule is CC1(CCc2nc(-c3cc4c([nH]c3=O)CCOC4)no2)CC1. The molecule has 0 bridgehead atoms. The van der Waals surface area contributed by atoms with Gasteiger partial charge in [-0.2, -0.15) is 4.98 Å². The molecule has 0 aromatic carbocycles. The van der Waals surface area contributed by atoms with Crippen LogP contribution in [0, 0.1) is 5.41 Å². The third-order valence-electron chi connectivity index (χ3n) is 4.72. The van der Waals surface area contributed by atoms with Gasteiger partial charge >= 0.3 is 0 Å². The highest BCUT2D eigenvalue weighted by Crippen LogP contribution is 2.48. The fourth-order valence-electron chi connectivity index (χ4n) is 2.82. The first kappa shape index (κ1) is 13.7. The van der Waals surface area contributed by atoms with Crippen LogP contribution in [-0.2, 0) is 24.2 Å². The molecule has 2 aromatic rings. The standard InChI is InChI=1S/C16H19N3O3/c1-16(5-6-16)4-2-13-18-14(19-22-13)11-8-10-9-21-7-3-12(10)17-15(11)20/h8H,2-7,9H2,1H3,(H,17,20). The van der Waals surface area contributed by atoms with Crippen LogP contribution < -0.4 is 5.56 Å². The van der Waals surface area contributed by atoms with Crippen molar-refractivity contribution in [3.05, 3.63) is 33.6 Å². The van der Waals surface area contributed by atoms with Crippen molar-refractivity contribution in [1.29, 1.82) is 0 Å². The van der Waals surface area contributed by atoms with Gasteiger partial charge in [-0.1, -0.05) is 12.1 Å². The van der Waals surface area contributed by atoms with Crippen molar-refractivity contribution >= 4 is 0 Å². The molecule has 0 saturated heterocycles. The van der Waals surface area contributed by atoms with Crippen molar-refractivity contribution in [1.82, 2.24) is 15.1 Å². The number of hydrogen-bond acceptors (Lipinski definition) is 5. The number of H-pyrrole nitrogens is 1. The fraction of sp³-hybridized carbons (Fsp3) is 0.562. The van der Waals surface area contributed by atoms with E-state index in [1.807, 2.05) is 6.07 Å². The Bertz CT molecular complexity index is 758. The van der Waals surface area contributed by atoms with E-state index in [4.69, 9.17) is 9.26 Å². The first-order valence-corrected chi connectivity index (χ1v) is 7.79. The van der Waals surface area contributed by atoms with Gasteiger partial charge in [0.1, 0.15) is 0 Å². The van der Waals surface area contributed by atoms with Gasteiger partial charge in [-0.25, -0.2) is 0 Å². The molecular formula is C16H19N3O3. The molecule has 2 aliphatic rings. The summed E-state index contributed by atoms with van der Waals surface area (Å²) in [6, 6.07) is 1.82. The minimum atomic E-state index is -0.165. The van der Waals surface area contributed by atoms with Crippen LogP contribution in [0.15, 0.2) is 15.4 Å². The number of nitrogens with zero attached hydrogens (tertiary/aromatic N) is 2. The van der Waals surface area contributed by atoms with Gasteiger partial charge in [0.25, 0.3) is 5.56 Å². The summed E-state index contributed by atoms with van der Waals surface area (Å²) in [7, 11) is 0. The van der Waals surface area contributed by atoms with Crippen LogP contribution in [0.4, 0.5) is 0 Å². The number of ether oxygens (including phenoxy) is 1. The molecule has 4 rings (SSSR count). The second-order valence-corrected chi connectivity index (χ2v) is 6.64. The normalized spacial score (nSPS) is 19.0. The van der Waals surface area contributed by atoms with Gasteiger partial charge in [0.15, 0.2) is 0 Å². The number of rotatable bonds is 4. The van der Waals surface area contributed by atoms with Gasteiger partial charge < -0.3 is 14.2 Å². The molecule has 0 radical (unpaired) electrons. The molecule has 1 fully saturated rings.